The number of carbonyl (C=O) groups is 1. The van der Waals surface area contributed by atoms with Gasteiger partial charge in [0.2, 0.25) is 0 Å². The van der Waals surface area contributed by atoms with E-state index in [1.54, 1.807) is 0 Å². The van der Waals surface area contributed by atoms with Crippen LogP contribution in [0.4, 0.5) is 4.79 Å². The molecule has 0 fully saturated rings. The molecule has 0 aliphatic heterocycles. The summed E-state index contributed by atoms with van der Waals surface area (Å²) >= 11 is 4.74. The van der Waals surface area contributed by atoms with Crippen molar-refractivity contribution in [2.45, 2.75) is 0 Å². The molecule has 0 amide bonds. The molecule has 60 valence electrons. The van der Waals surface area contributed by atoms with Crippen LogP contribution >= 0.6 is 11.6 Å². The van der Waals surface area contributed by atoms with Gasteiger partial charge >= 0.3 is 5.43 Å². The zero-order valence-corrected chi connectivity index (χ0v) is 5.61. The van der Waals surface area contributed by atoms with Gasteiger partial charge in [-0.1, -0.05) is 0 Å². The maximum Gasteiger partial charge on any atom is 0.403 e. The minimum absolute atomic E-state index is 0.139. The SMILES string of the molecule is O=C(Cl)OCCON(O)O. The van der Waals surface area contributed by atoms with Crippen molar-refractivity contribution in [1.29, 1.82) is 0 Å². The molecule has 0 aliphatic rings. The van der Waals surface area contributed by atoms with Crippen molar-refractivity contribution in [2.75, 3.05) is 13.2 Å². The van der Waals surface area contributed by atoms with Crippen molar-refractivity contribution in [3.63, 3.8) is 0 Å². The Kier molecular flexibility index (Phi) is 5.17. The van der Waals surface area contributed by atoms with E-state index in [0.717, 1.165) is 0 Å². The highest BCUT2D eigenvalue weighted by molar-refractivity contribution is 6.61. The van der Waals surface area contributed by atoms with Crippen LogP contribution in [0.25, 0.3) is 0 Å². The molecule has 0 saturated carbocycles. The maximum absolute atomic E-state index is 9.84. The second kappa shape index (κ2) is 5.39. The van der Waals surface area contributed by atoms with Crippen LogP contribution in [0.3, 0.4) is 0 Å². The Morgan fingerprint density at radius 3 is 2.50 bits per heavy atom. The van der Waals surface area contributed by atoms with Gasteiger partial charge in [-0.25, -0.2) is 9.63 Å². The van der Waals surface area contributed by atoms with Gasteiger partial charge in [-0.15, -0.1) is 0 Å². The van der Waals surface area contributed by atoms with Crippen molar-refractivity contribution in [1.82, 2.24) is 5.39 Å². The standard InChI is InChI=1S/C3H6ClNO5/c4-3(6)9-1-2-10-5(7)8/h7-8H,1-2H2. The van der Waals surface area contributed by atoms with Gasteiger partial charge in [0.1, 0.15) is 13.2 Å². The lowest BCUT2D eigenvalue weighted by Gasteiger charge is -2.04. The average molecular weight is 172 g/mol. The number of carbonyl (C=O) groups excluding carboxylic acids is 1. The molecule has 0 aromatic heterocycles. The molecular formula is C3H6ClNO5. The van der Waals surface area contributed by atoms with Crippen molar-refractivity contribution in [3.8, 4) is 0 Å². The molecule has 0 heterocycles. The van der Waals surface area contributed by atoms with E-state index in [1.165, 1.54) is 0 Å². The van der Waals surface area contributed by atoms with Gasteiger partial charge in [-0.2, -0.15) is 0 Å². The fourth-order valence-electron chi connectivity index (χ4n) is 0.241. The summed E-state index contributed by atoms with van der Waals surface area (Å²) in [6.07, 6.45) is 0. The molecule has 0 bridgehead atoms. The van der Waals surface area contributed by atoms with Crippen LogP contribution in [0.15, 0.2) is 0 Å². The molecule has 6 nitrogen and oxygen atoms in total. The van der Waals surface area contributed by atoms with Crippen molar-refractivity contribution >= 4 is 17.0 Å². The van der Waals surface area contributed by atoms with E-state index < -0.39 is 10.8 Å². The Hall–Kier alpha value is -0.400. The van der Waals surface area contributed by atoms with Crippen LogP contribution in [0.1, 0.15) is 0 Å². The Morgan fingerprint density at radius 1 is 1.50 bits per heavy atom. The summed E-state index contributed by atoms with van der Waals surface area (Å²) in [6.45, 7) is -0.314. The summed E-state index contributed by atoms with van der Waals surface area (Å²) < 4.78 is 4.14. The highest BCUT2D eigenvalue weighted by Crippen LogP contribution is 1.86. The fourth-order valence-corrected chi connectivity index (χ4v) is 0.318. The van der Waals surface area contributed by atoms with E-state index >= 15 is 0 Å². The third-order valence-electron chi connectivity index (χ3n) is 0.506. The highest BCUT2D eigenvalue weighted by atomic mass is 35.5. The fraction of sp³-hybridized carbons (Fsp3) is 0.667. The average Bonchev–Trinajstić information content (AvgIpc) is 1.79. The van der Waals surface area contributed by atoms with Crippen LogP contribution in [-0.2, 0) is 9.57 Å². The topological polar surface area (TPSA) is 79.2 Å². The second-order valence-corrected chi connectivity index (χ2v) is 1.48. The van der Waals surface area contributed by atoms with Gasteiger partial charge in [0, 0.05) is 11.6 Å². The quantitative estimate of drug-likeness (QED) is 0.362. The lowest BCUT2D eigenvalue weighted by atomic mass is 10.8. The molecule has 0 aromatic rings. The first-order valence-corrected chi connectivity index (χ1v) is 2.64. The molecule has 10 heavy (non-hydrogen) atoms. The molecule has 0 saturated heterocycles. The third-order valence-corrected chi connectivity index (χ3v) is 0.615. The first kappa shape index (κ1) is 9.60. The number of halogens is 1. The molecule has 0 aliphatic carbocycles. The van der Waals surface area contributed by atoms with Gasteiger partial charge in [0.25, 0.3) is 0 Å². The van der Waals surface area contributed by atoms with Crippen LogP contribution in [-0.4, -0.2) is 34.4 Å². The first-order valence-electron chi connectivity index (χ1n) is 2.26. The molecule has 0 spiro atoms. The van der Waals surface area contributed by atoms with Crippen LogP contribution in [0.5, 0.6) is 0 Å². The van der Waals surface area contributed by atoms with Crippen LogP contribution in [0, 0.1) is 0 Å². The van der Waals surface area contributed by atoms with Gasteiger partial charge in [0.05, 0.1) is 5.39 Å². The summed E-state index contributed by atoms with van der Waals surface area (Å²) in [7, 11) is 0. The highest BCUT2D eigenvalue weighted by Gasteiger charge is 1.96. The van der Waals surface area contributed by atoms with Gasteiger partial charge in [0.15, 0.2) is 0 Å². The minimum atomic E-state index is -0.967. The third kappa shape index (κ3) is 7.60. The summed E-state index contributed by atoms with van der Waals surface area (Å²) in [5, 5.41) is 15.3. The summed E-state index contributed by atoms with van der Waals surface area (Å²) in [5.74, 6) is 0. The molecule has 0 unspecified atom stereocenters. The lowest BCUT2D eigenvalue weighted by Crippen LogP contribution is -2.18. The van der Waals surface area contributed by atoms with E-state index in [-0.39, 0.29) is 13.2 Å². The minimum Gasteiger partial charge on any atom is -0.451 e. The number of hydrogen-bond donors (Lipinski definition) is 2. The van der Waals surface area contributed by atoms with E-state index in [0.29, 0.717) is 0 Å². The molecular weight excluding hydrogens is 165 g/mol. The Bertz CT molecular complexity index is 107. The second-order valence-electron chi connectivity index (χ2n) is 1.17. The molecule has 7 heteroatoms. The zero-order chi connectivity index (χ0) is 7.98. The van der Waals surface area contributed by atoms with E-state index in [4.69, 9.17) is 22.0 Å². The predicted octanol–water partition coefficient (Wildman–Crippen LogP) is 0.374. The number of hydrogen-bond acceptors (Lipinski definition) is 6. The largest absolute Gasteiger partial charge is 0.451 e. The molecule has 0 atom stereocenters. The number of rotatable bonds is 4. The summed E-state index contributed by atoms with van der Waals surface area (Å²) in [6, 6.07) is 0. The van der Waals surface area contributed by atoms with Gasteiger partial charge < -0.3 is 4.74 Å². The van der Waals surface area contributed by atoms with Crippen molar-refractivity contribution < 1.29 is 24.8 Å². The Balaban J connectivity index is 2.98. The van der Waals surface area contributed by atoms with Crippen molar-refractivity contribution in [2.24, 2.45) is 0 Å². The smallest absolute Gasteiger partial charge is 0.403 e. The molecule has 0 aromatic carbocycles. The molecule has 2 N–H and O–H groups in total. The number of ether oxygens (including phenoxy) is 1. The summed E-state index contributed by atoms with van der Waals surface area (Å²) in [5.41, 5.74) is -0.967. The maximum atomic E-state index is 9.84. The lowest BCUT2D eigenvalue weighted by molar-refractivity contribution is -0.492. The summed E-state index contributed by atoms with van der Waals surface area (Å²) in [4.78, 5) is 13.8. The van der Waals surface area contributed by atoms with E-state index in [2.05, 4.69) is 9.57 Å². The zero-order valence-electron chi connectivity index (χ0n) is 4.86. The van der Waals surface area contributed by atoms with Crippen molar-refractivity contribution in [3.05, 3.63) is 0 Å². The first-order chi connectivity index (χ1) is 4.63. The molecule has 0 rings (SSSR count). The predicted molar refractivity (Wildman–Crippen MR) is 28.6 cm³/mol. The molecule has 0 radical (unpaired) electrons. The van der Waals surface area contributed by atoms with Crippen LogP contribution in [0.2, 0.25) is 0 Å². The van der Waals surface area contributed by atoms with Crippen LogP contribution < -0.4 is 0 Å². The Labute approximate surface area is 61.4 Å². The van der Waals surface area contributed by atoms with E-state index in [9.17, 15) is 4.79 Å². The normalized spacial score (nSPS) is 10.0. The Morgan fingerprint density at radius 2 is 2.10 bits per heavy atom. The van der Waals surface area contributed by atoms with E-state index in [1.807, 2.05) is 0 Å². The van der Waals surface area contributed by atoms with Gasteiger partial charge in [-0.3, -0.25) is 10.4 Å². The monoisotopic (exact) mass is 171 g/mol. The van der Waals surface area contributed by atoms with Gasteiger partial charge in [-0.05, 0) is 0 Å². The number of nitrogens with zero attached hydrogens (tertiary/aromatic N) is 1.